The number of fused-ring (bicyclic) bond motifs is 1. The third kappa shape index (κ3) is 3.64. The first-order chi connectivity index (χ1) is 17.0. The van der Waals surface area contributed by atoms with Crippen molar-refractivity contribution in [2.75, 3.05) is 31.3 Å². The number of ether oxygens (including phenoxy) is 3. The Balaban J connectivity index is 1.66. The fraction of sp³-hybridized carbons (Fsp3) is 0.231. The number of hydrogen-bond acceptors (Lipinski definition) is 7. The monoisotopic (exact) mass is 478 g/mol. The Morgan fingerprint density at radius 1 is 0.771 bits per heavy atom. The van der Waals surface area contributed by atoms with Gasteiger partial charge in [0.15, 0.2) is 17.6 Å². The van der Waals surface area contributed by atoms with Gasteiger partial charge >= 0.3 is 0 Å². The number of amides is 2. The van der Waals surface area contributed by atoms with Crippen LogP contribution in [0.5, 0.6) is 17.2 Å². The zero-order valence-corrected chi connectivity index (χ0v) is 19.3. The second kappa shape index (κ2) is 8.92. The molecule has 2 amide bonds. The number of carbonyl (C=O) groups is 2. The summed E-state index contributed by atoms with van der Waals surface area (Å²) in [4.78, 5) is 34.2. The molecule has 35 heavy (non-hydrogen) atoms. The van der Waals surface area contributed by atoms with E-state index in [0.717, 1.165) is 11.0 Å². The number of halogens is 1. The van der Waals surface area contributed by atoms with E-state index in [-0.39, 0.29) is 5.69 Å². The van der Waals surface area contributed by atoms with Crippen molar-refractivity contribution < 1.29 is 33.0 Å². The maximum Gasteiger partial charge on any atom is 0.266 e. The van der Waals surface area contributed by atoms with E-state index in [2.05, 4.69) is 0 Å². The molecule has 0 unspecified atom stereocenters. The molecular formula is C26H23FN2O6. The predicted molar refractivity (Wildman–Crippen MR) is 125 cm³/mol. The number of hydrogen-bond donors (Lipinski definition) is 0. The summed E-state index contributed by atoms with van der Waals surface area (Å²) in [6, 6.07) is 17.2. The van der Waals surface area contributed by atoms with E-state index in [1.54, 1.807) is 17.2 Å². The lowest BCUT2D eigenvalue weighted by Gasteiger charge is -2.30. The van der Waals surface area contributed by atoms with Crippen molar-refractivity contribution in [2.24, 2.45) is 5.92 Å². The molecule has 3 aromatic carbocycles. The van der Waals surface area contributed by atoms with E-state index in [1.165, 1.54) is 39.5 Å². The molecule has 0 bridgehead atoms. The van der Waals surface area contributed by atoms with Gasteiger partial charge in [-0.25, -0.2) is 14.4 Å². The molecule has 0 N–H and O–H groups in total. The third-order valence-electron chi connectivity index (χ3n) is 6.25. The van der Waals surface area contributed by atoms with Crippen molar-refractivity contribution in [3.8, 4) is 17.2 Å². The van der Waals surface area contributed by atoms with Crippen LogP contribution in [-0.2, 0) is 14.4 Å². The molecule has 3 aromatic rings. The summed E-state index contributed by atoms with van der Waals surface area (Å²) in [7, 11) is 4.52. The molecule has 0 radical (unpaired) electrons. The minimum absolute atomic E-state index is 0.155. The highest BCUT2D eigenvalue weighted by Gasteiger charge is 2.61. The van der Waals surface area contributed by atoms with Gasteiger partial charge in [-0.05, 0) is 36.4 Å². The van der Waals surface area contributed by atoms with E-state index in [0.29, 0.717) is 28.5 Å². The molecule has 2 heterocycles. The van der Waals surface area contributed by atoms with Gasteiger partial charge in [0, 0.05) is 11.6 Å². The van der Waals surface area contributed by atoms with Gasteiger partial charge in [0.2, 0.25) is 5.91 Å². The number of methoxy groups -OCH3 is 3. The van der Waals surface area contributed by atoms with Gasteiger partial charge in [0.1, 0.15) is 23.5 Å². The lowest BCUT2D eigenvalue weighted by molar-refractivity contribution is -0.126. The van der Waals surface area contributed by atoms with Crippen molar-refractivity contribution in [2.45, 2.75) is 12.1 Å². The summed E-state index contributed by atoms with van der Waals surface area (Å²) in [6.07, 6.45) is -1.10. The highest BCUT2D eigenvalue weighted by molar-refractivity contribution is 6.24. The number of imide groups is 1. The fourth-order valence-corrected chi connectivity index (χ4v) is 4.68. The number of anilines is 2. The first-order valence-electron chi connectivity index (χ1n) is 10.9. The first-order valence-corrected chi connectivity index (χ1v) is 10.9. The van der Waals surface area contributed by atoms with Gasteiger partial charge in [-0.15, -0.1) is 0 Å². The van der Waals surface area contributed by atoms with Crippen LogP contribution >= 0.6 is 0 Å². The van der Waals surface area contributed by atoms with Gasteiger partial charge < -0.3 is 14.2 Å². The molecule has 0 spiro atoms. The predicted octanol–water partition coefficient (Wildman–Crippen LogP) is 3.90. The zero-order valence-electron chi connectivity index (χ0n) is 19.3. The number of nitrogens with zero attached hydrogens (tertiary/aromatic N) is 2. The highest BCUT2D eigenvalue weighted by Crippen LogP contribution is 2.51. The van der Waals surface area contributed by atoms with E-state index in [1.807, 2.05) is 30.3 Å². The van der Waals surface area contributed by atoms with Crippen LogP contribution in [0.4, 0.5) is 15.8 Å². The van der Waals surface area contributed by atoms with Crippen LogP contribution in [-0.4, -0.2) is 39.2 Å². The van der Waals surface area contributed by atoms with Crippen LogP contribution in [0.1, 0.15) is 11.6 Å². The number of rotatable bonds is 6. The molecule has 3 atom stereocenters. The Hall–Kier alpha value is -4.11. The van der Waals surface area contributed by atoms with Crippen LogP contribution in [0.3, 0.4) is 0 Å². The Bertz CT molecular complexity index is 1280. The van der Waals surface area contributed by atoms with Gasteiger partial charge in [0.05, 0.1) is 32.7 Å². The van der Waals surface area contributed by atoms with Crippen molar-refractivity contribution in [1.82, 2.24) is 0 Å². The lowest BCUT2D eigenvalue weighted by atomic mass is 9.89. The number of hydroxylamine groups is 1. The lowest BCUT2D eigenvalue weighted by Crippen LogP contribution is -2.37. The molecule has 0 aromatic heterocycles. The minimum atomic E-state index is -1.10. The van der Waals surface area contributed by atoms with Crippen LogP contribution in [0.2, 0.25) is 0 Å². The Morgan fingerprint density at radius 2 is 1.43 bits per heavy atom. The number of carbonyl (C=O) groups excluding carboxylic acids is 2. The van der Waals surface area contributed by atoms with Crippen LogP contribution < -0.4 is 24.2 Å². The Labute approximate surface area is 201 Å². The third-order valence-corrected chi connectivity index (χ3v) is 6.25. The van der Waals surface area contributed by atoms with Crippen molar-refractivity contribution in [3.05, 3.63) is 78.1 Å². The van der Waals surface area contributed by atoms with E-state index in [9.17, 15) is 14.0 Å². The van der Waals surface area contributed by atoms with Gasteiger partial charge in [-0.2, -0.15) is 0 Å². The molecule has 0 saturated carbocycles. The average molecular weight is 478 g/mol. The van der Waals surface area contributed by atoms with E-state index in [4.69, 9.17) is 19.0 Å². The summed E-state index contributed by atoms with van der Waals surface area (Å²) in [5.41, 5.74) is 1.38. The van der Waals surface area contributed by atoms with E-state index < -0.39 is 35.7 Å². The largest absolute Gasteiger partial charge is 0.496 e. The summed E-state index contributed by atoms with van der Waals surface area (Å²) in [5.74, 6) is -1.21. The van der Waals surface area contributed by atoms with Crippen molar-refractivity contribution in [1.29, 1.82) is 0 Å². The highest BCUT2D eigenvalue weighted by atomic mass is 19.1. The van der Waals surface area contributed by atoms with Crippen LogP contribution in [0, 0.1) is 11.7 Å². The van der Waals surface area contributed by atoms with Crippen LogP contribution in [0.25, 0.3) is 0 Å². The Kier molecular flexibility index (Phi) is 5.78. The van der Waals surface area contributed by atoms with Gasteiger partial charge in [0.25, 0.3) is 5.91 Å². The minimum Gasteiger partial charge on any atom is -0.496 e. The summed E-state index contributed by atoms with van der Waals surface area (Å²) < 4.78 is 30.5. The Morgan fingerprint density at radius 3 is 2.09 bits per heavy atom. The fourth-order valence-electron chi connectivity index (χ4n) is 4.68. The summed E-state index contributed by atoms with van der Waals surface area (Å²) >= 11 is 0. The van der Waals surface area contributed by atoms with Crippen molar-refractivity contribution >= 4 is 23.2 Å². The van der Waals surface area contributed by atoms with Gasteiger partial charge in [-0.1, -0.05) is 24.3 Å². The second-order valence-corrected chi connectivity index (χ2v) is 8.10. The maximum absolute atomic E-state index is 13.9. The molecular weight excluding hydrogens is 455 g/mol. The van der Waals surface area contributed by atoms with Crippen LogP contribution in [0.15, 0.2) is 66.7 Å². The summed E-state index contributed by atoms with van der Waals surface area (Å²) in [6.45, 7) is 0. The van der Waals surface area contributed by atoms with Gasteiger partial charge in [-0.3, -0.25) is 14.4 Å². The van der Waals surface area contributed by atoms with Crippen molar-refractivity contribution in [3.63, 3.8) is 0 Å². The first kappa shape index (κ1) is 22.7. The molecule has 8 nitrogen and oxygen atoms in total. The molecule has 2 aliphatic rings. The molecule has 9 heteroatoms. The standard InChI is InChI=1S/C26H23FN2O6/c1-32-19-14-21(34-3)20(33-2)13-18(19)23-22-24(35-29(23)16-9-5-4-6-10-16)26(31)28(25(22)30)17-11-7-8-15(27)12-17/h4-14,22-24H,1-3H3/t22-,23+,24-/m1/s1. The molecule has 2 aliphatic heterocycles. The maximum atomic E-state index is 13.9. The molecule has 2 saturated heterocycles. The SMILES string of the molecule is COc1cc(OC)c([C@H]2[C@H]3C(=O)N(c4cccc(F)c4)C(=O)[C@@H]3ON2c2ccccc2)cc1OC. The average Bonchev–Trinajstić information content (AvgIpc) is 3.39. The topological polar surface area (TPSA) is 77.5 Å². The zero-order chi connectivity index (χ0) is 24.7. The second-order valence-electron chi connectivity index (χ2n) is 8.10. The molecule has 5 rings (SSSR count). The van der Waals surface area contributed by atoms with E-state index >= 15 is 0 Å². The normalized spacial score (nSPS) is 21.3. The summed E-state index contributed by atoms with van der Waals surface area (Å²) in [5, 5.41) is 1.55. The number of para-hydroxylation sites is 1. The molecule has 180 valence electrons. The quantitative estimate of drug-likeness (QED) is 0.498. The number of benzene rings is 3. The molecule has 0 aliphatic carbocycles. The smallest absolute Gasteiger partial charge is 0.266 e. The molecule has 2 fully saturated rings.